The van der Waals surface area contributed by atoms with Crippen LogP contribution in [0.4, 0.5) is 25.2 Å². The average molecular weight is 1320 g/mol. The second kappa shape index (κ2) is 38.3. The third-order valence-corrected chi connectivity index (χ3v) is 18.6. The van der Waals surface area contributed by atoms with Gasteiger partial charge >= 0.3 is 56.2 Å². The Morgan fingerprint density at radius 3 is 1.31 bits per heavy atom. The molecule has 3 saturated heterocycles. The Labute approximate surface area is 494 Å². The molecule has 4 atom stereocenters. The van der Waals surface area contributed by atoms with Gasteiger partial charge in [0, 0.05) is 137 Å². The molecule has 4 aliphatic heterocycles. The fourth-order valence-electron chi connectivity index (χ4n) is 7.51. The number of rotatable bonds is 30. The van der Waals surface area contributed by atoms with Crippen molar-refractivity contribution in [2.24, 2.45) is 19.4 Å². The van der Waals surface area contributed by atoms with Gasteiger partial charge in [-0.2, -0.15) is 5.26 Å². The summed E-state index contributed by atoms with van der Waals surface area (Å²) in [5.74, 6) is 2.14. The zero-order chi connectivity index (χ0) is 64.6. The molecule has 4 heterocycles. The maximum absolute atomic E-state index is 13.8. The number of unbranched alkanes of at least 4 members (excludes halogenated alkanes) is 2. The Bertz CT molecular complexity index is 2280. The summed E-state index contributed by atoms with van der Waals surface area (Å²) in [4.78, 5) is 15.7. The Hall–Kier alpha value is -3.19. The number of hydrogen-bond acceptors (Lipinski definition) is 16. The van der Waals surface area contributed by atoms with Crippen LogP contribution in [-0.2, 0) is 45.4 Å². The predicted octanol–water partition coefficient (Wildman–Crippen LogP) is 9.67. The SMILES string of the molecule is CCCCOP(CCCC#N)N(C(C)C)C(C)C.CN1CC[N+](C)=C1N=[N+]=[N-].CO.COP(=O)(N=C1N(C)CCN1C)OCCCOP(=O)(N=C1N(C)CCN1C)OCCCOP(=O)(N=C1N(C)CCN1C)OCCCO.F[P-](F)(F)(F)(F)F. The summed E-state index contributed by atoms with van der Waals surface area (Å²) < 4.78 is 156. The molecule has 4 rings (SSSR count). The number of halogens is 6. The van der Waals surface area contributed by atoms with Crippen LogP contribution in [0, 0.1) is 11.3 Å². The molecule has 3 fully saturated rings. The molecule has 0 bridgehead atoms. The van der Waals surface area contributed by atoms with Crippen LogP contribution >= 0.6 is 39.3 Å². The molecule has 4 aliphatic rings. The summed E-state index contributed by atoms with van der Waals surface area (Å²) in [5.41, 5.74) is 8.15. The van der Waals surface area contributed by atoms with E-state index in [1.807, 2.05) is 95.3 Å². The summed E-state index contributed by atoms with van der Waals surface area (Å²) in [7, 11) is -5.84. The van der Waals surface area contributed by atoms with Gasteiger partial charge in [0.1, 0.15) is 8.30 Å². The number of nitrogens with zero attached hydrogens (tertiary/aromatic N) is 16. The van der Waals surface area contributed by atoms with E-state index in [-0.39, 0.29) is 58.9 Å². The van der Waals surface area contributed by atoms with Crippen LogP contribution in [0.5, 0.6) is 0 Å². The number of azide groups is 1. The zero-order valence-corrected chi connectivity index (χ0v) is 56.0. The van der Waals surface area contributed by atoms with E-state index in [0.29, 0.717) is 68.5 Å². The number of guanidine groups is 4. The van der Waals surface area contributed by atoms with Crippen LogP contribution in [0.15, 0.2) is 19.4 Å². The van der Waals surface area contributed by atoms with Crippen LogP contribution in [-0.4, -0.2) is 265 Å². The summed E-state index contributed by atoms with van der Waals surface area (Å²) in [5, 5.41) is 28.3. The molecule has 28 nitrogen and oxygen atoms in total. The topological polar surface area (TPSA) is 295 Å². The minimum atomic E-state index is -10.7. The van der Waals surface area contributed by atoms with Crippen molar-refractivity contribution in [3.05, 3.63) is 10.4 Å². The molecule has 4 unspecified atom stereocenters. The number of nitriles is 1. The van der Waals surface area contributed by atoms with Crippen molar-refractivity contribution in [3.8, 4) is 6.07 Å². The molecule has 494 valence electrons. The van der Waals surface area contributed by atoms with Crippen molar-refractivity contribution in [1.82, 2.24) is 39.0 Å². The molecule has 2 N–H and O–H groups in total. The fraction of sp³-hybridized carbons (Fsp3) is 0.889. The van der Waals surface area contributed by atoms with Gasteiger partial charge in [0.25, 0.3) is 5.96 Å². The molecule has 0 aromatic rings. The average Bonchev–Trinajstić information content (AvgIpc) is 2.76. The van der Waals surface area contributed by atoms with Crippen LogP contribution in [0.25, 0.3) is 10.4 Å². The van der Waals surface area contributed by atoms with E-state index < -0.39 is 39.3 Å². The van der Waals surface area contributed by atoms with Crippen molar-refractivity contribution in [2.45, 2.75) is 91.6 Å². The minimum absolute atomic E-state index is 0.00121. The molecular formula is C45H95F6N16O12P5. The predicted molar refractivity (Wildman–Crippen MR) is 318 cm³/mol. The standard InChI is InChI=1S/C25H52N9O10P3.C14H29N2OP.C5H10N5.CH4O.F6P/c1-29-11-12-30(2)23(29)26-45(36,39-7)40-19-9-20-43-47(38,28-25-33(5)15-16-34(25)6)44-22-10-21-42-46(37,41-18-8-17-35)27-24-31(3)13-14-32(24)4;1-6-7-11-17-18(12-9-8-10-15)16(13(2)3)14(4)5;1-9-3-4-10(2)5(9)7-8-6;1-2;1-7(2,3,4,5)6/h35H,8-22H2,1-7H3;13-14H,6-9,11-12H2,1-5H3;3-4H2,1-2H3;2H,1H3;/q;;+1;;-1. The number of likely N-dealkylation sites (N-methyl/N-ethyl adjacent to an activating group) is 8. The van der Waals surface area contributed by atoms with Crippen LogP contribution < -0.4 is 0 Å². The first-order valence-electron chi connectivity index (χ1n) is 27.2. The molecule has 0 aromatic heterocycles. The Morgan fingerprint density at radius 2 is 1.01 bits per heavy atom. The molecular weight excluding hydrogens is 1230 g/mol. The van der Waals surface area contributed by atoms with Gasteiger partial charge in [0.05, 0.1) is 72.9 Å². The Kier molecular flexibility index (Phi) is 36.8. The third kappa shape index (κ3) is 34.4. The quantitative estimate of drug-likeness (QED) is 0.0129. The van der Waals surface area contributed by atoms with E-state index in [1.165, 1.54) is 13.5 Å². The first-order chi connectivity index (χ1) is 39.0. The van der Waals surface area contributed by atoms with Gasteiger partial charge in [-0.3, -0.25) is 41.3 Å². The van der Waals surface area contributed by atoms with Crippen molar-refractivity contribution in [1.29, 1.82) is 5.26 Å². The molecule has 0 aliphatic carbocycles. The maximum atomic E-state index is 13.8. The Morgan fingerprint density at radius 1 is 0.655 bits per heavy atom. The monoisotopic (exact) mass is 1320 g/mol. The summed E-state index contributed by atoms with van der Waals surface area (Å²) in [6.07, 6.45) is 5.55. The number of aliphatic hydroxyl groups is 2. The van der Waals surface area contributed by atoms with Gasteiger partial charge in [-0.05, 0) is 65.3 Å². The molecule has 39 heteroatoms. The van der Waals surface area contributed by atoms with Gasteiger partial charge in [0.15, 0.2) is 0 Å². The van der Waals surface area contributed by atoms with E-state index in [9.17, 15) is 38.9 Å². The van der Waals surface area contributed by atoms with Crippen molar-refractivity contribution in [3.63, 3.8) is 0 Å². The zero-order valence-electron chi connectivity index (χ0n) is 51.6. The number of hydrogen-bond donors (Lipinski definition) is 2. The van der Waals surface area contributed by atoms with E-state index in [0.717, 1.165) is 58.9 Å². The molecule has 0 spiro atoms. The van der Waals surface area contributed by atoms with E-state index in [2.05, 4.69) is 69.7 Å². The van der Waals surface area contributed by atoms with Crippen molar-refractivity contribution in [2.75, 3.05) is 175 Å². The second-order valence-corrected chi connectivity index (χ2v) is 28.5. The molecule has 84 heavy (non-hydrogen) atoms. The van der Waals surface area contributed by atoms with Gasteiger partial charge < -0.3 is 44.1 Å². The van der Waals surface area contributed by atoms with Crippen LogP contribution in [0.2, 0.25) is 0 Å². The van der Waals surface area contributed by atoms with E-state index >= 15 is 0 Å². The summed E-state index contributed by atoms with van der Waals surface area (Å²) in [6.45, 7) is 17.7. The first-order valence-corrected chi connectivity index (χ1v) is 35.1. The summed E-state index contributed by atoms with van der Waals surface area (Å²) >= 11 is 0. The fourth-order valence-corrected chi connectivity index (χ4v) is 13.8. The van der Waals surface area contributed by atoms with E-state index in [1.54, 1.807) is 0 Å². The van der Waals surface area contributed by atoms with Gasteiger partial charge in [-0.25, -0.2) is 13.7 Å². The van der Waals surface area contributed by atoms with Gasteiger partial charge in [-0.1, -0.05) is 13.3 Å². The van der Waals surface area contributed by atoms with Gasteiger partial charge in [-0.15, -0.1) is 14.3 Å². The van der Waals surface area contributed by atoms with Crippen molar-refractivity contribution >= 4 is 63.2 Å². The third-order valence-electron chi connectivity index (χ3n) is 11.7. The van der Waals surface area contributed by atoms with Crippen LogP contribution in [0.3, 0.4) is 0 Å². The van der Waals surface area contributed by atoms with Crippen LogP contribution in [0.1, 0.15) is 79.6 Å². The first kappa shape index (κ1) is 80.8. The molecule has 0 radical (unpaired) electrons. The summed E-state index contributed by atoms with van der Waals surface area (Å²) in [6, 6.07) is 3.22. The molecule has 0 amide bonds. The number of aliphatic hydroxyl groups excluding tert-OH is 2. The molecule has 0 aromatic carbocycles. The van der Waals surface area contributed by atoms with E-state index in [4.69, 9.17) is 52.7 Å². The van der Waals surface area contributed by atoms with Gasteiger partial charge in [0.2, 0.25) is 17.9 Å². The normalized spacial score (nSPS) is 18.7. The Balaban J connectivity index is 0.00000150. The molecule has 0 saturated carbocycles. The van der Waals surface area contributed by atoms with Crippen molar-refractivity contribution < 1.29 is 85.3 Å². The second-order valence-electron chi connectivity index (χ2n) is 19.7.